The van der Waals surface area contributed by atoms with Gasteiger partial charge in [0.25, 0.3) is 0 Å². The van der Waals surface area contributed by atoms with Crippen molar-refractivity contribution in [3.05, 3.63) is 42.5 Å². The van der Waals surface area contributed by atoms with E-state index < -0.39 is 10.0 Å². The largest absolute Gasteiger partial charge is 0.493 e. The number of nitrogens with one attached hydrogen (secondary N) is 2. The summed E-state index contributed by atoms with van der Waals surface area (Å²) in [5.74, 6) is 1.19. The first-order valence-electron chi connectivity index (χ1n) is 8.08. The van der Waals surface area contributed by atoms with E-state index in [-0.39, 0.29) is 24.0 Å². The van der Waals surface area contributed by atoms with E-state index in [0.717, 1.165) is 0 Å². The molecular weight excluding hydrogens is 372 g/mol. The molecule has 0 saturated heterocycles. The third kappa shape index (κ3) is 5.60. The Bertz CT molecular complexity index is 881. The maximum absolute atomic E-state index is 12.3. The lowest BCUT2D eigenvalue weighted by molar-refractivity contribution is -0.114. The van der Waals surface area contributed by atoms with E-state index in [0.29, 0.717) is 22.9 Å². The summed E-state index contributed by atoms with van der Waals surface area (Å²) in [6, 6.07) is 11.1. The van der Waals surface area contributed by atoms with Crippen LogP contribution in [0.1, 0.15) is 6.92 Å². The molecule has 0 aliphatic carbocycles. The molecule has 0 heterocycles. The highest BCUT2D eigenvalue weighted by Gasteiger charge is 2.14. The van der Waals surface area contributed by atoms with Crippen molar-refractivity contribution in [2.45, 2.75) is 11.8 Å². The Morgan fingerprint density at radius 2 is 1.67 bits per heavy atom. The first-order valence-corrected chi connectivity index (χ1v) is 9.57. The second-order valence-corrected chi connectivity index (χ2v) is 7.21. The van der Waals surface area contributed by atoms with Crippen LogP contribution in [-0.2, 0) is 14.8 Å². The third-order valence-corrected chi connectivity index (χ3v) is 4.98. The minimum atomic E-state index is -3.69. The molecule has 2 aromatic carbocycles. The fourth-order valence-electron chi connectivity index (χ4n) is 2.31. The summed E-state index contributed by atoms with van der Waals surface area (Å²) in [4.78, 5) is 11.1. The molecule has 1 amide bonds. The van der Waals surface area contributed by atoms with Gasteiger partial charge in [0.15, 0.2) is 11.5 Å². The molecule has 27 heavy (non-hydrogen) atoms. The Labute approximate surface area is 158 Å². The van der Waals surface area contributed by atoms with Gasteiger partial charge >= 0.3 is 0 Å². The van der Waals surface area contributed by atoms with Gasteiger partial charge in [-0.1, -0.05) is 6.07 Å². The standard InChI is InChI=1S/C18H22N2O6S/c1-13(21)20-14-7-9-15(10-8-14)27(22,23)19-11-12-26-17-6-4-5-16(24-2)18(17)25-3/h4-10,19H,11-12H2,1-3H3,(H,20,21). The summed E-state index contributed by atoms with van der Waals surface area (Å²) in [6.07, 6.45) is 0. The number of amides is 1. The van der Waals surface area contributed by atoms with Crippen LogP contribution in [0.5, 0.6) is 17.2 Å². The summed E-state index contributed by atoms with van der Waals surface area (Å²) < 4.78 is 43.1. The number of benzene rings is 2. The highest BCUT2D eigenvalue weighted by Crippen LogP contribution is 2.36. The number of methoxy groups -OCH3 is 2. The van der Waals surface area contributed by atoms with E-state index in [1.165, 1.54) is 45.4 Å². The molecule has 0 bridgehead atoms. The van der Waals surface area contributed by atoms with Gasteiger partial charge in [-0.3, -0.25) is 4.79 Å². The van der Waals surface area contributed by atoms with Crippen LogP contribution in [-0.4, -0.2) is 41.7 Å². The van der Waals surface area contributed by atoms with E-state index in [9.17, 15) is 13.2 Å². The van der Waals surface area contributed by atoms with Crippen LogP contribution in [0, 0.1) is 0 Å². The molecule has 2 aromatic rings. The van der Waals surface area contributed by atoms with Crippen molar-refractivity contribution in [2.24, 2.45) is 0 Å². The predicted molar refractivity (Wildman–Crippen MR) is 101 cm³/mol. The SMILES string of the molecule is COc1cccc(OCCNS(=O)(=O)c2ccc(NC(C)=O)cc2)c1OC. The number of ether oxygens (including phenoxy) is 3. The number of hydrogen-bond donors (Lipinski definition) is 2. The Hall–Kier alpha value is -2.78. The molecule has 0 unspecified atom stereocenters. The van der Waals surface area contributed by atoms with Gasteiger partial charge in [0.1, 0.15) is 6.61 Å². The monoisotopic (exact) mass is 394 g/mol. The van der Waals surface area contributed by atoms with Crippen LogP contribution in [0.15, 0.2) is 47.4 Å². The summed E-state index contributed by atoms with van der Waals surface area (Å²) >= 11 is 0. The van der Waals surface area contributed by atoms with E-state index in [1.807, 2.05) is 0 Å². The predicted octanol–water partition coefficient (Wildman–Crippen LogP) is 2.02. The van der Waals surface area contributed by atoms with Crippen molar-refractivity contribution in [2.75, 3.05) is 32.7 Å². The number of rotatable bonds is 9. The van der Waals surface area contributed by atoms with Crippen LogP contribution in [0.25, 0.3) is 0 Å². The Morgan fingerprint density at radius 1 is 1.00 bits per heavy atom. The van der Waals surface area contributed by atoms with Crippen molar-refractivity contribution in [3.63, 3.8) is 0 Å². The third-order valence-electron chi connectivity index (χ3n) is 3.50. The van der Waals surface area contributed by atoms with Gasteiger partial charge in [0.05, 0.1) is 19.1 Å². The Balaban J connectivity index is 1.94. The number of sulfonamides is 1. The minimum absolute atomic E-state index is 0.0656. The lowest BCUT2D eigenvalue weighted by Gasteiger charge is -2.14. The molecule has 0 radical (unpaired) electrons. The minimum Gasteiger partial charge on any atom is -0.493 e. The van der Waals surface area contributed by atoms with E-state index in [1.54, 1.807) is 18.2 Å². The van der Waals surface area contributed by atoms with Gasteiger partial charge < -0.3 is 19.5 Å². The quantitative estimate of drug-likeness (QED) is 0.631. The van der Waals surface area contributed by atoms with Crippen molar-refractivity contribution in [1.82, 2.24) is 4.72 Å². The summed E-state index contributed by atoms with van der Waals surface area (Å²) in [5, 5.41) is 2.58. The molecule has 0 atom stereocenters. The van der Waals surface area contributed by atoms with Crippen LogP contribution >= 0.6 is 0 Å². The van der Waals surface area contributed by atoms with E-state index in [2.05, 4.69) is 10.0 Å². The first-order chi connectivity index (χ1) is 12.9. The van der Waals surface area contributed by atoms with Gasteiger partial charge in [-0.05, 0) is 36.4 Å². The zero-order valence-corrected chi connectivity index (χ0v) is 16.1. The zero-order chi connectivity index (χ0) is 19.9. The van der Waals surface area contributed by atoms with Crippen molar-refractivity contribution < 1.29 is 27.4 Å². The van der Waals surface area contributed by atoms with Gasteiger partial charge in [0, 0.05) is 19.2 Å². The molecule has 146 valence electrons. The van der Waals surface area contributed by atoms with Gasteiger partial charge in [-0.25, -0.2) is 13.1 Å². The van der Waals surface area contributed by atoms with Crippen LogP contribution < -0.4 is 24.2 Å². The maximum Gasteiger partial charge on any atom is 0.240 e. The second-order valence-electron chi connectivity index (χ2n) is 5.44. The van der Waals surface area contributed by atoms with Crippen molar-refractivity contribution in [3.8, 4) is 17.2 Å². The summed E-state index contributed by atoms with van der Waals surface area (Å²) in [7, 11) is -0.668. The normalized spacial score (nSPS) is 10.9. The van der Waals surface area contributed by atoms with Gasteiger partial charge in [-0.15, -0.1) is 0 Å². The maximum atomic E-state index is 12.3. The lowest BCUT2D eigenvalue weighted by Crippen LogP contribution is -2.28. The highest BCUT2D eigenvalue weighted by atomic mass is 32.2. The van der Waals surface area contributed by atoms with Crippen LogP contribution in [0.4, 0.5) is 5.69 Å². The van der Waals surface area contributed by atoms with Gasteiger partial charge in [0.2, 0.25) is 21.7 Å². The lowest BCUT2D eigenvalue weighted by atomic mass is 10.3. The highest BCUT2D eigenvalue weighted by molar-refractivity contribution is 7.89. The molecule has 0 aromatic heterocycles. The summed E-state index contributed by atoms with van der Waals surface area (Å²) in [5.41, 5.74) is 0.523. The second kappa shape index (κ2) is 9.24. The smallest absolute Gasteiger partial charge is 0.240 e. The average molecular weight is 394 g/mol. The number of carbonyl (C=O) groups is 1. The molecule has 9 heteroatoms. The van der Waals surface area contributed by atoms with E-state index in [4.69, 9.17) is 14.2 Å². The summed E-state index contributed by atoms with van der Waals surface area (Å²) in [6.45, 7) is 1.55. The molecule has 2 rings (SSSR count). The Kier molecular flexibility index (Phi) is 7.03. The van der Waals surface area contributed by atoms with Crippen molar-refractivity contribution in [1.29, 1.82) is 0 Å². The molecule has 0 saturated carbocycles. The van der Waals surface area contributed by atoms with Crippen LogP contribution in [0.2, 0.25) is 0 Å². The Morgan fingerprint density at radius 3 is 2.26 bits per heavy atom. The molecule has 0 fully saturated rings. The molecule has 0 spiro atoms. The first kappa shape index (κ1) is 20.5. The molecule has 8 nitrogen and oxygen atoms in total. The number of carbonyl (C=O) groups excluding carboxylic acids is 1. The van der Waals surface area contributed by atoms with Gasteiger partial charge in [-0.2, -0.15) is 0 Å². The average Bonchev–Trinajstić information content (AvgIpc) is 2.64. The fourth-order valence-corrected chi connectivity index (χ4v) is 3.33. The fraction of sp³-hybridized carbons (Fsp3) is 0.278. The number of anilines is 1. The molecule has 0 aliphatic heterocycles. The van der Waals surface area contributed by atoms with E-state index >= 15 is 0 Å². The van der Waals surface area contributed by atoms with Crippen molar-refractivity contribution >= 4 is 21.6 Å². The number of hydrogen-bond acceptors (Lipinski definition) is 6. The number of para-hydroxylation sites is 1. The zero-order valence-electron chi connectivity index (χ0n) is 15.3. The topological polar surface area (TPSA) is 103 Å². The molecular formula is C18H22N2O6S. The molecule has 0 aliphatic rings. The molecule has 2 N–H and O–H groups in total. The van der Waals surface area contributed by atoms with Crippen LogP contribution in [0.3, 0.4) is 0 Å².